The van der Waals surface area contributed by atoms with Crippen LogP contribution in [0, 0.1) is 5.92 Å². The van der Waals surface area contributed by atoms with E-state index in [4.69, 9.17) is 4.74 Å². The summed E-state index contributed by atoms with van der Waals surface area (Å²) in [5, 5.41) is 3.92. The molecule has 6 nitrogen and oxygen atoms in total. The molecule has 18 heavy (non-hydrogen) atoms. The quantitative estimate of drug-likeness (QED) is 0.782. The van der Waals surface area contributed by atoms with Crippen LogP contribution < -0.4 is 0 Å². The van der Waals surface area contributed by atoms with E-state index >= 15 is 0 Å². The van der Waals surface area contributed by atoms with Crippen LogP contribution in [0.4, 0.5) is 0 Å². The van der Waals surface area contributed by atoms with Crippen molar-refractivity contribution in [2.75, 3.05) is 26.3 Å². The Labute approximate surface area is 108 Å². The highest BCUT2D eigenvalue weighted by Crippen LogP contribution is 2.19. The van der Waals surface area contributed by atoms with Crippen molar-refractivity contribution in [1.29, 1.82) is 0 Å². The zero-order valence-corrected chi connectivity index (χ0v) is 11.6. The average molecular weight is 273 g/mol. The van der Waals surface area contributed by atoms with E-state index in [2.05, 4.69) is 5.10 Å². The molecule has 1 saturated heterocycles. The van der Waals surface area contributed by atoms with Gasteiger partial charge in [0.25, 0.3) is 0 Å². The minimum absolute atomic E-state index is 0.255. The molecule has 0 bridgehead atoms. The van der Waals surface area contributed by atoms with Crippen LogP contribution in [0.1, 0.15) is 13.3 Å². The van der Waals surface area contributed by atoms with Crippen molar-refractivity contribution in [3.8, 4) is 0 Å². The zero-order chi connectivity index (χ0) is 13.2. The number of ether oxygens (including phenoxy) is 1. The van der Waals surface area contributed by atoms with Gasteiger partial charge in [-0.3, -0.25) is 4.68 Å². The van der Waals surface area contributed by atoms with E-state index in [-0.39, 0.29) is 4.90 Å². The molecule has 2 heterocycles. The lowest BCUT2D eigenvalue weighted by atomic mass is 10.1. The smallest absolute Gasteiger partial charge is 0.246 e. The molecule has 0 radical (unpaired) electrons. The molecule has 1 unspecified atom stereocenters. The van der Waals surface area contributed by atoms with Crippen molar-refractivity contribution >= 4 is 10.0 Å². The van der Waals surface area contributed by atoms with Crippen molar-refractivity contribution in [2.45, 2.75) is 18.2 Å². The average Bonchev–Trinajstić information content (AvgIpc) is 2.96. The molecule has 1 aliphatic heterocycles. The van der Waals surface area contributed by atoms with Crippen molar-refractivity contribution in [2.24, 2.45) is 13.0 Å². The van der Waals surface area contributed by atoms with E-state index in [0.717, 1.165) is 13.0 Å². The van der Waals surface area contributed by atoms with E-state index < -0.39 is 10.0 Å². The summed E-state index contributed by atoms with van der Waals surface area (Å²) in [7, 11) is -1.71. The van der Waals surface area contributed by atoms with E-state index in [0.29, 0.717) is 25.6 Å². The van der Waals surface area contributed by atoms with Crippen LogP contribution in [0.3, 0.4) is 0 Å². The molecule has 0 saturated carbocycles. The Morgan fingerprint density at radius 2 is 2.39 bits per heavy atom. The van der Waals surface area contributed by atoms with Crippen molar-refractivity contribution in [1.82, 2.24) is 14.1 Å². The minimum atomic E-state index is -3.42. The van der Waals surface area contributed by atoms with Crippen LogP contribution in [0.5, 0.6) is 0 Å². The molecule has 2 rings (SSSR count). The molecule has 1 aromatic heterocycles. The van der Waals surface area contributed by atoms with Crippen molar-refractivity contribution in [3.05, 3.63) is 12.4 Å². The molecule has 1 fully saturated rings. The fraction of sp³-hybridized carbons (Fsp3) is 0.727. The first kappa shape index (κ1) is 13.5. The van der Waals surface area contributed by atoms with Crippen molar-refractivity contribution in [3.63, 3.8) is 0 Å². The molecule has 0 N–H and O–H groups in total. The molecular weight excluding hydrogens is 254 g/mol. The predicted molar refractivity (Wildman–Crippen MR) is 66.6 cm³/mol. The third kappa shape index (κ3) is 2.73. The topological polar surface area (TPSA) is 64.4 Å². The van der Waals surface area contributed by atoms with Gasteiger partial charge >= 0.3 is 0 Å². The van der Waals surface area contributed by atoms with Crippen LogP contribution in [0.15, 0.2) is 17.3 Å². The summed E-state index contributed by atoms with van der Waals surface area (Å²) in [5.41, 5.74) is 0. The maximum atomic E-state index is 12.4. The second-order valence-corrected chi connectivity index (χ2v) is 6.47. The summed E-state index contributed by atoms with van der Waals surface area (Å²) in [4.78, 5) is 0.255. The van der Waals surface area contributed by atoms with Gasteiger partial charge in [0.1, 0.15) is 4.90 Å². The van der Waals surface area contributed by atoms with Crippen LogP contribution in [-0.2, 0) is 21.8 Å². The van der Waals surface area contributed by atoms with Gasteiger partial charge in [-0.15, -0.1) is 0 Å². The van der Waals surface area contributed by atoms with Gasteiger partial charge in [-0.25, -0.2) is 8.42 Å². The Balaban J connectivity index is 2.15. The molecule has 0 spiro atoms. The van der Waals surface area contributed by atoms with E-state index in [1.165, 1.54) is 21.4 Å². The molecule has 0 amide bonds. The van der Waals surface area contributed by atoms with Gasteiger partial charge in [0.2, 0.25) is 10.0 Å². The molecular formula is C11H19N3O3S. The molecule has 0 aliphatic carbocycles. The van der Waals surface area contributed by atoms with Crippen molar-refractivity contribution < 1.29 is 13.2 Å². The first-order valence-corrected chi connectivity index (χ1v) is 7.54. The molecule has 1 aliphatic rings. The first-order valence-electron chi connectivity index (χ1n) is 6.10. The summed E-state index contributed by atoms with van der Waals surface area (Å²) in [6, 6.07) is 0. The highest BCUT2D eigenvalue weighted by Gasteiger charge is 2.28. The fourth-order valence-electron chi connectivity index (χ4n) is 2.09. The maximum absolute atomic E-state index is 12.4. The van der Waals surface area contributed by atoms with Gasteiger partial charge in [0, 0.05) is 32.9 Å². The SMILES string of the molecule is CCN(CC1CCOC1)S(=O)(=O)c1cnn(C)c1. The molecule has 102 valence electrons. The summed E-state index contributed by atoms with van der Waals surface area (Å²) in [5.74, 6) is 0.302. The molecule has 1 atom stereocenters. The molecule has 7 heteroatoms. The molecule has 0 aromatic carbocycles. The lowest BCUT2D eigenvalue weighted by Gasteiger charge is -2.22. The number of rotatable bonds is 5. The lowest BCUT2D eigenvalue weighted by Crippen LogP contribution is -2.35. The van der Waals surface area contributed by atoms with E-state index in [9.17, 15) is 8.42 Å². The zero-order valence-electron chi connectivity index (χ0n) is 10.7. The second-order valence-electron chi connectivity index (χ2n) is 4.53. The van der Waals surface area contributed by atoms with E-state index in [1.807, 2.05) is 6.92 Å². The number of nitrogens with zero attached hydrogens (tertiary/aromatic N) is 3. The maximum Gasteiger partial charge on any atom is 0.246 e. The van der Waals surface area contributed by atoms with Gasteiger partial charge in [0.05, 0.1) is 12.8 Å². The second kappa shape index (κ2) is 5.38. The van der Waals surface area contributed by atoms with Gasteiger partial charge < -0.3 is 4.74 Å². The van der Waals surface area contributed by atoms with Gasteiger partial charge in [-0.1, -0.05) is 6.92 Å². The lowest BCUT2D eigenvalue weighted by molar-refractivity contribution is 0.181. The number of sulfonamides is 1. The van der Waals surface area contributed by atoms with Gasteiger partial charge in [0.15, 0.2) is 0 Å². The van der Waals surface area contributed by atoms with Gasteiger partial charge in [-0.05, 0) is 12.3 Å². The monoisotopic (exact) mass is 273 g/mol. The Kier molecular flexibility index (Phi) is 4.04. The standard InChI is InChI=1S/C11H19N3O3S/c1-3-14(7-10-4-5-17-9-10)18(15,16)11-6-12-13(2)8-11/h6,8,10H,3-5,7,9H2,1-2H3. The highest BCUT2D eigenvalue weighted by molar-refractivity contribution is 7.89. The van der Waals surface area contributed by atoms with Crippen LogP contribution in [-0.4, -0.2) is 48.8 Å². The summed E-state index contributed by atoms with van der Waals surface area (Å²) >= 11 is 0. The summed E-state index contributed by atoms with van der Waals surface area (Å²) in [6.45, 7) is 4.22. The third-order valence-corrected chi connectivity index (χ3v) is 5.05. The number of hydrogen-bond acceptors (Lipinski definition) is 4. The number of aryl methyl sites for hydroxylation is 1. The summed E-state index contributed by atoms with van der Waals surface area (Å²) < 4.78 is 33.1. The van der Waals surface area contributed by atoms with Crippen LogP contribution in [0.25, 0.3) is 0 Å². The van der Waals surface area contributed by atoms with Crippen LogP contribution in [0.2, 0.25) is 0 Å². The Morgan fingerprint density at radius 3 is 2.89 bits per heavy atom. The fourth-order valence-corrected chi connectivity index (χ4v) is 3.60. The van der Waals surface area contributed by atoms with E-state index in [1.54, 1.807) is 7.05 Å². The number of hydrogen-bond donors (Lipinski definition) is 0. The minimum Gasteiger partial charge on any atom is -0.381 e. The summed E-state index contributed by atoms with van der Waals surface area (Å²) in [6.07, 6.45) is 3.85. The third-order valence-electron chi connectivity index (χ3n) is 3.16. The van der Waals surface area contributed by atoms with Crippen LogP contribution >= 0.6 is 0 Å². The first-order chi connectivity index (χ1) is 8.54. The highest BCUT2D eigenvalue weighted by atomic mass is 32.2. The largest absolute Gasteiger partial charge is 0.381 e. The Bertz CT molecular complexity index is 491. The van der Waals surface area contributed by atoms with Gasteiger partial charge in [-0.2, -0.15) is 9.40 Å². The Morgan fingerprint density at radius 1 is 1.61 bits per heavy atom. The molecule has 1 aromatic rings. The number of aromatic nitrogens is 2. The Hall–Kier alpha value is -0.920. The normalized spacial score (nSPS) is 20.7. The predicted octanol–water partition coefficient (Wildman–Crippen LogP) is 0.467.